The van der Waals surface area contributed by atoms with E-state index in [1.807, 2.05) is 67.6 Å². The maximum absolute atomic E-state index is 13.2. The highest BCUT2D eigenvalue weighted by Crippen LogP contribution is 2.23. The lowest BCUT2D eigenvalue weighted by Crippen LogP contribution is -2.44. The van der Waals surface area contributed by atoms with E-state index in [1.54, 1.807) is 36.7 Å². The number of rotatable bonds is 8. The Hall–Kier alpha value is -5.54. The van der Waals surface area contributed by atoms with Crippen LogP contribution < -0.4 is 20.9 Å². The van der Waals surface area contributed by atoms with E-state index in [2.05, 4.69) is 54.9 Å². The maximum Gasteiger partial charge on any atom is 0.256 e. The molecule has 0 bridgehead atoms. The molecule has 0 spiro atoms. The third kappa shape index (κ3) is 7.34. The van der Waals surface area contributed by atoms with Crippen LogP contribution in [0.3, 0.4) is 0 Å². The minimum absolute atomic E-state index is 0.254. The molecule has 0 atom stereocenters. The molecule has 0 saturated carbocycles. The van der Waals surface area contributed by atoms with Crippen molar-refractivity contribution in [2.24, 2.45) is 0 Å². The normalized spacial score (nSPS) is 13.2. The maximum atomic E-state index is 13.2. The van der Waals surface area contributed by atoms with E-state index in [9.17, 15) is 9.59 Å². The summed E-state index contributed by atoms with van der Waals surface area (Å²) in [7, 11) is 2.15. The van der Waals surface area contributed by atoms with Gasteiger partial charge in [0.25, 0.3) is 11.8 Å². The molecule has 2 heterocycles. The van der Waals surface area contributed by atoms with E-state index in [1.165, 1.54) is 5.69 Å². The van der Waals surface area contributed by atoms with Crippen LogP contribution in [0.5, 0.6) is 0 Å². The Balaban J connectivity index is 1.05. The molecule has 1 aliphatic rings. The van der Waals surface area contributed by atoms with Crippen LogP contribution >= 0.6 is 0 Å². The summed E-state index contributed by atoms with van der Waals surface area (Å²) < 4.78 is 0. The van der Waals surface area contributed by atoms with Gasteiger partial charge in [0.05, 0.1) is 18.1 Å². The van der Waals surface area contributed by atoms with Crippen molar-refractivity contribution >= 4 is 40.5 Å². The van der Waals surface area contributed by atoms with Gasteiger partial charge in [-0.15, -0.1) is 0 Å². The molecule has 9 heteroatoms. The van der Waals surface area contributed by atoms with E-state index in [4.69, 9.17) is 0 Å². The highest BCUT2D eigenvalue weighted by atomic mass is 16.2. The van der Waals surface area contributed by atoms with Crippen molar-refractivity contribution in [3.8, 4) is 11.1 Å². The Morgan fingerprint density at radius 1 is 0.667 bits per heavy atom. The van der Waals surface area contributed by atoms with Crippen molar-refractivity contribution < 1.29 is 9.59 Å². The summed E-state index contributed by atoms with van der Waals surface area (Å²) >= 11 is 0. The van der Waals surface area contributed by atoms with Crippen LogP contribution in [0.1, 0.15) is 26.3 Å². The number of likely N-dealkylation sites (N-methyl/N-ethyl adjacent to an activating group) is 1. The number of carbonyl (C=O) groups is 2. The van der Waals surface area contributed by atoms with Crippen LogP contribution in [0.2, 0.25) is 0 Å². The first-order valence-electron chi connectivity index (χ1n) is 14.9. The number of benzene rings is 4. The first-order valence-corrected chi connectivity index (χ1v) is 14.9. The summed E-state index contributed by atoms with van der Waals surface area (Å²) in [4.78, 5) is 39.6. The second-order valence-corrected chi connectivity index (χ2v) is 11.1. The Labute approximate surface area is 263 Å². The minimum atomic E-state index is -0.320. The smallest absolute Gasteiger partial charge is 0.256 e. The monoisotopic (exact) mass is 597 g/mol. The summed E-state index contributed by atoms with van der Waals surface area (Å²) in [5.41, 5.74) is 6.92. The molecule has 2 amide bonds. The molecule has 6 rings (SSSR count). The predicted octanol–water partition coefficient (Wildman–Crippen LogP) is 6.45. The van der Waals surface area contributed by atoms with Gasteiger partial charge in [0.1, 0.15) is 0 Å². The third-order valence-electron chi connectivity index (χ3n) is 7.90. The molecule has 1 aromatic heterocycles. The molecule has 1 saturated heterocycles. The van der Waals surface area contributed by atoms with Crippen LogP contribution in [-0.2, 0) is 0 Å². The molecule has 45 heavy (non-hydrogen) atoms. The fourth-order valence-electron chi connectivity index (χ4n) is 5.20. The van der Waals surface area contributed by atoms with E-state index >= 15 is 0 Å². The topological polar surface area (TPSA) is 102 Å². The minimum Gasteiger partial charge on any atom is -0.369 e. The van der Waals surface area contributed by atoms with Crippen molar-refractivity contribution in [2.75, 3.05) is 54.1 Å². The number of nitrogens with zero attached hydrogens (tertiary/aromatic N) is 4. The summed E-state index contributed by atoms with van der Waals surface area (Å²) in [5.74, 6) is -0.145. The van der Waals surface area contributed by atoms with Gasteiger partial charge in [-0.2, -0.15) is 0 Å². The van der Waals surface area contributed by atoms with Gasteiger partial charge < -0.3 is 25.8 Å². The summed E-state index contributed by atoms with van der Waals surface area (Å²) in [6, 6.07) is 30.9. The lowest BCUT2D eigenvalue weighted by molar-refractivity contribution is 0.101. The van der Waals surface area contributed by atoms with Gasteiger partial charge in [0, 0.05) is 54.4 Å². The predicted molar refractivity (Wildman–Crippen MR) is 180 cm³/mol. The summed E-state index contributed by atoms with van der Waals surface area (Å²) in [5, 5.41) is 8.97. The van der Waals surface area contributed by atoms with E-state index < -0.39 is 0 Å². The summed E-state index contributed by atoms with van der Waals surface area (Å²) in [6.07, 6.45) is 3.12. The molecular formula is C36H35N7O2. The van der Waals surface area contributed by atoms with Crippen molar-refractivity contribution in [3.05, 3.63) is 126 Å². The fraction of sp³-hybridized carbons (Fsp3) is 0.167. The molecule has 3 N–H and O–H groups in total. The molecule has 226 valence electrons. The summed E-state index contributed by atoms with van der Waals surface area (Å²) in [6.45, 7) is 6.00. The molecule has 1 aliphatic heterocycles. The van der Waals surface area contributed by atoms with Gasteiger partial charge >= 0.3 is 0 Å². The zero-order valence-electron chi connectivity index (χ0n) is 25.3. The molecule has 1 fully saturated rings. The number of piperazine rings is 1. The van der Waals surface area contributed by atoms with Crippen LogP contribution in [0.25, 0.3) is 11.1 Å². The molecular weight excluding hydrogens is 562 g/mol. The van der Waals surface area contributed by atoms with Crippen molar-refractivity contribution in [1.82, 2.24) is 14.9 Å². The van der Waals surface area contributed by atoms with Gasteiger partial charge in [0.2, 0.25) is 5.95 Å². The Kier molecular flexibility index (Phi) is 8.79. The second kappa shape index (κ2) is 13.4. The second-order valence-electron chi connectivity index (χ2n) is 11.1. The highest BCUT2D eigenvalue weighted by molar-refractivity contribution is 6.08. The quantitative estimate of drug-likeness (QED) is 0.189. The number of aromatic nitrogens is 2. The molecule has 0 radical (unpaired) electrons. The van der Waals surface area contributed by atoms with Crippen molar-refractivity contribution in [2.45, 2.75) is 6.92 Å². The number of anilines is 5. The molecule has 0 unspecified atom stereocenters. The van der Waals surface area contributed by atoms with Gasteiger partial charge in [0.15, 0.2) is 0 Å². The van der Waals surface area contributed by atoms with Crippen molar-refractivity contribution in [3.63, 3.8) is 0 Å². The zero-order valence-corrected chi connectivity index (χ0v) is 25.3. The van der Waals surface area contributed by atoms with Crippen LogP contribution in [0.15, 0.2) is 109 Å². The number of aryl methyl sites for hydroxylation is 1. The van der Waals surface area contributed by atoms with Crippen molar-refractivity contribution in [1.29, 1.82) is 0 Å². The van der Waals surface area contributed by atoms with Gasteiger partial charge in [-0.05, 0) is 79.2 Å². The number of carbonyl (C=O) groups excluding carboxylic acids is 2. The SMILES string of the molecule is Cc1ccc(NC(=O)c2ccc(-c3ccccc3)cc2)cc1C(=O)Nc1cnc(Nc2ccc(N3CCN(C)CC3)cc2)nc1. The lowest BCUT2D eigenvalue weighted by Gasteiger charge is -2.34. The first-order chi connectivity index (χ1) is 21.9. The Morgan fingerprint density at radius 2 is 1.29 bits per heavy atom. The molecule has 5 aromatic rings. The van der Waals surface area contributed by atoms with E-state index in [-0.39, 0.29) is 11.8 Å². The molecule has 9 nitrogen and oxygen atoms in total. The number of hydrogen-bond acceptors (Lipinski definition) is 7. The average molecular weight is 598 g/mol. The molecule has 0 aliphatic carbocycles. The Morgan fingerprint density at radius 3 is 1.98 bits per heavy atom. The van der Waals surface area contributed by atoms with Gasteiger partial charge in [-0.1, -0.05) is 48.5 Å². The number of nitrogens with one attached hydrogen (secondary N) is 3. The van der Waals surface area contributed by atoms with Crippen LogP contribution in [0, 0.1) is 6.92 Å². The largest absolute Gasteiger partial charge is 0.369 e. The lowest BCUT2D eigenvalue weighted by atomic mass is 10.0. The van der Waals surface area contributed by atoms with Crippen LogP contribution in [-0.4, -0.2) is 59.9 Å². The van der Waals surface area contributed by atoms with Gasteiger partial charge in [-0.25, -0.2) is 9.97 Å². The standard InChI is InChI=1S/C36H35N7O2/c1-25-8-13-30(39-34(44)28-11-9-27(10-12-28)26-6-4-3-5-7-26)22-33(25)35(45)40-31-23-37-36(38-24-31)41-29-14-16-32(17-15-29)43-20-18-42(2)19-21-43/h3-17,22-24H,18-21H2,1-2H3,(H,39,44)(H,40,45)(H,37,38,41). The first kappa shape index (κ1) is 29.5. The van der Waals surface area contributed by atoms with E-state index in [0.717, 1.165) is 48.6 Å². The highest BCUT2D eigenvalue weighted by Gasteiger charge is 2.15. The number of amides is 2. The van der Waals surface area contributed by atoms with Crippen LogP contribution in [0.4, 0.5) is 28.7 Å². The molecule has 4 aromatic carbocycles. The van der Waals surface area contributed by atoms with E-state index in [0.29, 0.717) is 28.5 Å². The number of hydrogen-bond donors (Lipinski definition) is 3. The van der Waals surface area contributed by atoms with Gasteiger partial charge in [-0.3, -0.25) is 9.59 Å². The fourth-order valence-corrected chi connectivity index (χ4v) is 5.20. The Bertz CT molecular complexity index is 1770. The zero-order chi connectivity index (χ0) is 31.2. The third-order valence-corrected chi connectivity index (χ3v) is 7.90. The average Bonchev–Trinajstić information content (AvgIpc) is 3.08.